The number of carbonyl (C=O) groups is 1. The Morgan fingerprint density at radius 2 is 1.94 bits per heavy atom. The number of nitrogens with one attached hydrogen (secondary N) is 1. The minimum Gasteiger partial charge on any atom is -0.326 e. The number of benzene rings is 1. The van der Waals surface area contributed by atoms with Crippen LogP contribution >= 0.6 is 11.8 Å². The van der Waals surface area contributed by atoms with E-state index in [1.54, 1.807) is 0 Å². The Bertz CT molecular complexity index is 327. The summed E-state index contributed by atoms with van der Waals surface area (Å²) >= 11 is 1.82. The second kappa shape index (κ2) is 8.14. The molecule has 17 heavy (non-hydrogen) atoms. The molecule has 1 aromatic carbocycles. The fraction of sp³-hybridized carbons (Fsp3) is 0.462. The van der Waals surface area contributed by atoms with Gasteiger partial charge in [-0.15, -0.1) is 0 Å². The summed E-state index contributed by atoms with van der Waals surface area (Å²) < 4.78 is 0. The first kappa shape index (κ1) is 14.1. The third-order valence-corrected chi connectivity index (χ3v) is 3.18. The summed E-state index contributed by atoms with van der Waals surface area (Å²) in [5.74, 6) is 2.05. The lowest BCUT2D eigenvalue weighted by atomic mass is 10.3. The molecule has 0 saturated carbocycles. The van der Waals surface area contributed by atoms with Crippen LogP contribution in [0.25, 0.3) is 0 Å². The molecule has 0 unspecified atom stereocenters. The molecule has 1 N–H and O–H groups in total. The molecule has 0 aliphatic carbocycles. The molecule has 0 saturated heterocycles. The Balaban J connectivity index is 2.10. The summed E-state index contributed by atoms with van der Waals surface area (Å²) in [6, 6.07) is 9.57. The van der Waals surface area contributed by atoms with E-state index in [0.29, 0.717) is 6.42 Å². The summed E-state index contributed by atoms with van der Waals surface area (Å²) in [7, 11) is 4.12. The molecule has 1 amide bonds. The lowest BCUT2D eigenvalue weighted by Crippen LogP contribution is -2.16. The molecule has 0 radical (unpaired) electrons. The Hall–Kier alpha value is -1.00. The van der Waals surface area contributed by atoms with Gasteiger partial charge in [-0.05, 0) is 26.2 Å². The van der Waals surface area contributed by atoms with Gasteiger partial charge in [-0.1, -0.05) is 18.2 Å². The molecule has 0 heterocycles. The minimum absolute atomic E-state index is 0.0913. The van der Waals surface area contributed by atoms with Crippen molar-refractivity contribution in [3.05, 3.63) is 30.3 Å². The van der Waals surface area contributed by atoms with Crippen molar-refractivity contribution in [2.24, 2.45) is 0 Å². The number of para-hydroxylation sites is 1. The normalized spacial score (nSPS) is 10.5. The molecule has 0 aliphatic rings. The SMILES string of the molecule is CN(C)CCSCCC(=O)Nc1ccccc1. The molecular weight excluding hydrogens is 232 g/mol. The Kier molecular flexibility index (Phi) is 6.74. The van der Waals surface area contributed by atoms with Gasteiger partial charge >= 0.3 is 0 Å². The fourth-order valence-electron chi connectivity index (χ4n) is 1.26. The third-order valence-electron chi connectivity index (χ3n) is 2.21. The van der Waals surface area contributed by atoms with Gasteiger partial charge in [-0.3, -0.25) is 4.79 Å². The first-order valence-electron chi connectivity index (χ1n) is 5.76. The van der Waals surface area contributed by atoms with Crippen LogP contribution in [0.15, 0.2) is 30.3 Å². The zero-order valence-electron chi connectivity index (χ0n) is 10.5. The topological polar surface area (TPSA) is 32.3 Å². The minimum atomic E-state index is 0.0913. The summed E-state index contributed by atoms with van der Waals surface area (Å²) in [5, 5.41) is 2.88. The lowest BCUT2D eigenvalue weighted by molar-refractivity contribution is -0.115. The molecule has 4 heteroatoms. The predicted octanol–water partition coefficient (Wildman–Crippen LogP) is 2.31. The lowest BCUT2D eigenvalue weighted by Gasteiger charge is -2.08. The summed E-state index contributed by atoms with van der Waals surface area (Å²) in [4.78, 5) is 13.7. The number of hydrogen-bond donors (Lipinski definition) is 1. The number of amides is 1. The van der Waals surface area contributed by atoms with E-state index in [1.165, 1.54) is 0 Å². The molecule has 94 valence electrons. The maximum absolute atomic E-state index is 11.6. The highest BCUT2D eigenvalue weighted by atomic mass is 32.2. The molecular formula is C13H20N2OS. The zero-order chi connectivity index (χ0) is 12.5. The van der Waals surface area contributed by atoms with E-state index in [9.17, 15) is 4.79 Å². The summed E-state index contributed by atoms with van der Waals surface area (Å²) in [6.45, 7) is 1.06. The van der Waals surface area contributed by atoms with Gasteiger partial charge in [-0.2, -0.15) is 11.8 Å². The van der Waals surface area contributed by atoms with Gasteiger partial charge in [0.15, 0.2) is 0 Å². The smallest absolute Gasteiger partial charge is 0.225 e. The Morgan fingerprint density at radius 3 is 2.59 bits per heavy atom. The van der Waals surface area contributed by atoms with Gasteiger partial charge < -0.3 is 10.2 Å². The van der Waals surface area contributed by atoms with E-state index in [4.69, 9.17) is 0 Å². The average Bonchev–Trinajstić information content (AvgIpc) is 2.29. The van der Waals surface area contributed by atoms with Crippen molar-refractivity contribution < 1.29 is 4.79 Å². The highest BCUT2D eigenvalue weighted by Crippen LogP contribution is 2.07. The number of nitrogens with zero attached hydrogens (tertiary/aromatic N) is 1. The first-order chi connectivity index (χ1) is 8.18. The number of anilines is 1. The average molecular weight is 252 g/mol. The molecule has 1 rings (SSSR count). The fourth-order valence-corrected chi connectivity index (χ4v) is 2.29. The summed E-state index contributed by atoms with van der Waals surface area (Å²) in [5.41, 5.74) is 0.871. The highest BCUT2D eigenvalue weighted by Gasteiger charge is 2.01. The maximum atomic E-state index is 11.6. The molecule has 0 atom stereocenters. The molecule has 3 nitrogen and oxygen atoms in total. The molecule has 0 fully saturated rings. The molecule has 0 aliphatic heterocycles. The van der Waals surface area contributed by atoms with Crippen molar-refractivity contribution in [3.8, 4) is 0 Å². The monoisotopic (exact) mass is 252 g/mol. The van der Waals surface area contributed by atoms with Crippen LogP contribution in [0.1, 0.15) is 6.42 Å². The van der Waals surface area contributed by atoms with Crippen molar-refractivity contribution in [1.82, 2.24) is 4.90 Å². The second-order valence-electron chi connectivity index (χ2n) is 4.08. The van der Waals surface area contributed by atoms with Gasteiger partial charge in [0.2, 0.25) is 5.91 Å². The van der Waals surface area contributed by atoms with Crippen molar-refractivity contribution in [3.63, 3.8) is 0 Å². The van der Waals surface area contributed by atoms with Gasteiger partial charge in [0.1, 0.15) is 0 Å². The van der Waals surface area contributed by atoms with Gasteiger partial charge in [0, 0.05) is 30.2 Å². The van der Waals surface area contributed by atoms with E-state index < -0.39 is 0 Å². The molecule has 0 bridgehead atoms. The second-order valence-corrected chi connectivity index (χ2v) is 5.30. The van der Waals surface area contributed by atoms with Crippen LogP contribution in [0.2, 0.25) is 0 Å². The number of hydrogen-bond acceptors (Lipinski definition) is 3. The quantitative estimate of drug-likeness (QED) is 0.756. The molecule has 0 spiro atoms. The number of thioether (sulfide) groups is 1. The van der Waals surface area contributed by atoms with Crippen LogP contribution in [0.5, 0.6) is 0 Å². The Labute approximate surface area is 108 Å². The first-order valence-corrected chi connectivity index (χ1v) is 6.91. The van der Waals surface area contributed by atoms with Crippen molar-refractivity contribution in [1.29, 1.82) is 0 Å². The van der Waals surface area contributed by atoms with E-state index in [-0.39, 0.29) is 5.91 Å². The van der Waals surface area contributed by atoms with Crippen LogP contribution in [0.3, 0.4) is 0 Å². The molecule has 1 aromatic rings. The Morgan fingerprint density at radius 1 is 1.24 bits per heavy atom. The molecule has 0 aromatic heterocycles. The van der Waals surface area contributed by atoms with Crippen molar-refractivity contribution in [2.45, 2.75) is 6.42 Å². The highest BCUT2D eigenvalue weighted by molar-refractivity contribution is 7.99. The summed E-state index contributed by atoms with van der Waals surface area (Å²) in [6.07, 6.45) is 0.576. The van der Waals surface area contributed by atoms with Crippen LogP contribution in [-0.2, 0) is 4.79 Å². The van der Waals surface area contributed by atoms with Crippen molar-refractivity contribution in [2.75, 3.05) is 37.5 Å². The van der Waals surface area contributed by atoms with Gasteiger partial charge in [0.25, 0.3) is 0 Å². The van der Waals surface area contributed by atoms with E-state index >= 15 is 0 Å². The zero-order valence-corrected chi connectivity index (χ0v) is 11.3. The predicted molar refractivity (Wildman–Crippen MR) is 75.6 cm³/mol. The van der Waals surface area contributed by atoms with E-state index in [1.807, 2.05) is 42.1 Å². The van der Waals surface area contributed by atoms with Crippen LogP contribution in [0.4, 0.5) is 5.69 Å². The van der Waals surface area contributed by atoms with Crippen LogP contribution < -0.4 is 5.32 Å². The van der Waals surface area contributed by atoms with Gasteiger partial charge in [0.05, 0.1) is 0 Å². The van der Waals surface area contributed by atoms with Crippen molar-refractivity contribution >= 4 is 23.4 Å². The van der Waals surface area contributed by atoms with Crippen LogP contribution in [-0.4, -0.2) is 43.0 Å². The standard InChI is InChI=1S/C13H20N2OS/c1-15(2)9-11-17-10-8-13(16)14-12-6-4-3-5-7-12/h3-7H,8-11H2,1-2H3,(H,14,16). The van der Waals surface area contributed by atoms with Gasteiger partial charge in [-0.25, -0.2) is 0 Å². The van der Waals surface area contributed by atoms with Crippen LogP contribution in [0, 0.1) is 0 Å². The largest absolute Gasteiger partial charge is 0.326 e. The van der Waals surface area contributed by atoms with E-state index in [2.05, 4.69) is 24.3 Å². The third kappa shape index (κ3) is 7.02. The maximum Gasteiger partial charge on any atom is 0.225 e. The van der Waals surface area contributed by atoms with E-state index in [0.717, 1.165) is 23.7 Å². The number of rotatable bonds is 7. The number of carbonyl (C=O) groups excluding carboxylic acids is 1.